The molecule has 0 spiro atoms. The van der Waals surface area contributed by atoms with Crippen molar-refractivity contribution in [2.24, 2.45) is 0 Å². The third kappa shape index (κ3) is 4.56. The van der Waals surface area contributed by atoms with Gasteiger partial charge >= 0.3 is 5.97 Å². The number of anilines is 1. The molecule has 0 atom stereocenters. The van der Waals surface area contributed by atoms with Crippen LogP contribution in [0.5, 0.6) is 0 Å². The average Bonchev–Trinajstić information content (AvgIpc) is 2.90. The van der Waals surface area contributed by atoms with Crippen molar-refractivity contribution in [3.8, 4) is 0 Å². The second-order valence-corrected chi connectivity index (χ2v) is 5.78. The Balaban J connectivity index is 1.96. The van der Waals surface area contributed by atoms with Crippen LogP contribution in [0.15, 0.2) is 29.6 Å². The van der Waals surface area contributed by atoms with Gasteiger partial charge in [-0.25, -0.2) is 4.98 Å². The van der Waals surface area contributed by atoms with Gasteiger partial charge in [0.05, 0.1) is 18.7 Å². The number of aromatic nitrogens is 1. The fraction of sp³-hybridized carbons (Fsp3) is 0.375. The standard InChI is InChI=1S/C16H20N2O2S/c1-4-20-15(19)9-14-11-21-16(17-14)18(3)10-13-7-5-12(2)6-8-13/h5-8,11H,4,9-10H2,1-3H3. The predicted octanol–water partition coefficient (Wildman–Crippen LogP) is 3.19. The summed E-state index contributed by atoms with van der Waals surface area (Å²) in [6.07, 6.45) is 0.239. The van der Waals surface area contributed by atoms with Crippen LogP contribution in [-0.2, 0) is 22.5 Å². The molecule has 2 aromatic rings. The van der Waals surface area contributed by atoms with Gasteiger partial charge in [-0.2, -0.15) is 0 Å². The Labute approximate surface area is 129 Å². The molecule has 1 aromatic carbocycles. The number of rotatable bonds is 6. The van der Waals surface area contributed by atoms with Gasteiger partial charge in [-0.05, 0) is 19.4 Å². The molecular weight excluding hydrogens is 284 g/mol. The molecular formula is C16H20N2O2S. The smallest absolute Gasteiger partial charge is 0.311 e. The number of hydrogen-bond donors (Lipinski definition) is 0. The van der Waals surface area contributed by atoms with Crippen molar-refractivity contribution in [3.63, 3.8) is 0 Å². The number of ether oxygens (including phenoxy) is 1. The normalized spacial score (nSPS) is 10.4. The Morgan fingerprint density at radius 1 is 1.33 bits per heavy atom. The molecule has 0 saturated carbocycles. The van der Waals surface area contributed by atoms with Crippen LogP contribution >= 0.6 is 11.3 Å². The SMILES string of the molecule is CCOC(=O)Cc1csc(N(C)Cc2ccc(C)cc2)n1. The Morgan fingerprint density at radius 3 is 2.71 bits per heavy atom. The van der Waals surface area contributed by atoms with Crippen molar-refractivity contribution in [2.45, 2.75) is 26.8 Å². The number of esters is 1. The van der Waals surface area contributed by atoms with Gasteiger partial charge in [0.25, 0.3) is 0 Å². The number of nitrogens with zero attached hydrogens (tertiary/aromatic N) is 2. The quantitative estimate of drug-likeness (QED) is 0.769. The summed E-state index contributed by atoms with van der Waals surface area (Å²) in [5.74, 6) is -0.226. The van der Waals surface area contributed by atoms with Gasteiger partial charge < -0.3 is 9.64 Å². The fourth-order valence-corrected chi connectivity index (χ4v) is 2.74. The van der Waals surface area contributed by atoms with Crippen molar-refractivity contribution >= 4 is 22.4 Å². The summed E-state index contributed by atoms with van der Waals surface area (Å²) < 4.78 is 4.93. The monoisotopic (exact) mass is 304 g/mol. The molecule has 112 valence electrons. The molecule has 0 fully saturated rings. The van der Waals surface area contributed by atoms with Crippen LogP contribution in [0.4, 0.5) is 5.13 Å². The number of aryl methyl sites for hydroxylation is 1. The number of benzene rings is 1. The van der Waals surface area contributed by atoms with E-state index < -0.39 is 0 Å². The Kier molecular flexibility index (Phi) is 5.33. The predicted molar refractivity (Wildman–Crippen MR) is 85.7 cm³/mol. The van der Waals surface area contributed by atoms with Gasteiger partial charge in [-0.3, -0.25) is 4.79 Å². The summed E-state index contributed by atoms with van der Waals surface area (Å²) in [6.45, 7) is 5.09. The fourth-order valence-electron chi connectivity index (χ4n) is 1.95. The van der Waals surface area contributed by atoms with Gasteiger partial charge in [-0.1, -0.05) is 29.8 Å². The highest BCUT2D eigenvalue weighted by atomic mass is 32.1. The van der Waals surface area contributed by atoms with E-state index in [1.54, 1.807) is 18.3 Å². The van der Waals surface area contributed by atoms with Gasteiger partial charge in [0.2, 0.25) is 0 Å². The lowest BCUT2D eigenvalue weighted by atomic mass is 10.1. The Morgan fingerprint density at radius 2 is 2.05 bits per heavy atom. The van der Waals surface area contributed by atoms with Crippen molar-refractivity contribution < 1.29 is 9.53 Å². The molecule has 0 amide bonds. The van der Waals surface area contributed by atoms with E-state index >= 15 is 0 Å². The van der Waals surface area contributed by atoms with Crippen molar-refractivity contribution in [1.82, 2.24) is 4.98 Å². The minimum absolute atomic E-state index is 0.226. The van der Waals surface area contributed by atoms with E-state index in [1.165, 1.54) is 11.1 Å². The highest BCUT2D eigenvalue weighted by Crippen LogP contribution is 2.21. The van der Waals surface area contributed by atoms with Crippen LogP contribution in [0.3, 0.4) is 0 Å². The maximum atomic E-state index is 11.4. The zero-order valence-electron chi connectivity index (χ0n) is 12.6. The third-order valence-electron chi connectivity index (χ3n) is 3.04. The molecule has 0 radical (unpaired) electrons. The summed E-state index contributed by atoms with van der Waals surface area (Å²) in [4.78, 5) is 18.0. The maximum Gasteiger partial charge on any atom is 0.311 e. The van der Waals surface area contributed by atoms with Crippen molar-refractivity contribution in [2.75, 3.05) is 18.6 Å². The lowest BCUT2D eigenvalue weighted by Crippen LogP contribution is -2.16. The molecule has 2 rings (SSSR count). The number of hydrogen-bond acceptors (Lipinski definition) is 5. The molecule has 0 aliphatic heterocycles. The number of thiazole rings is 1. The van der Waals surface area contributed by atoms with Crippen molar-refractivity contribution in [3.05, 3.63) is 46.5 Å². The molecule has 4 nitrogen and oxygen atoms in total. The largest absolute Gasteiger partial charge is 0.466 e. The molecule has 0 N–H and O–H groups in total. The van der Waals surface area contributed by atoms with E-state index in [9.17, 15) is 4.79 Å². The lowest BCUT2D eigenvalue weighted by Gasteiger charge is -2.15. The second kappa shape index (κ2) is 7.22. The minimum Gasteiger partial charge on any atom is -0.466 e. The van der Waals surface area contributed by atoms with Crippen LogP contribution in [0.25, 0.3) is 0 Å². The molecule has 21 heavy (non-hydrogen) atoms. The summed E-state index contributed by atoms with van der Waals surface area (Å²) in [5.41, 5.74) is 3.27. The van der Waals surface area contributed by atoms with Crippen molar-refractivity contribution in [1.29, 1.82) is 0 Å². The van der Waals surface area contributed by atoms with E-state index in [-0.39, 0.29) is 12.4 Å². The summed E-state index contributed by atoms with van der Waals surface area (Å²) >= 11 is 1.55. The first-order chi connectivity index (χ1) is 10.1. The molecule has 0 aliphatic carbocycles. The summed E-state index contributed by atoms with van der Waals surface area (Å²) in [6, 6.07) is 8.46. The minimum atomic E-state index is -0.226. The molecule has 0 bridgehead atoms. The van der Waals surface area contributed by atoms with Gasteiger partial charge in [0, 0.05) is 19.0 Å². The first kappa shape index (κ1) is 15.5. The maximum absolute atomic E-state index is 11.4. The van der Waals surface area contributed by atoms with Crippen LogP contribution in [0, 0.1) is 6.92 Å². The Bertz CT molecular complexity index is 593. The van der Waals surface area contributed by atoms with Crippen LogP contribution in [-0.4, -0.2) is 24.6 Å². The molecule has 1 heterocycles. The Hall–Kier alpha value is -1.88. The second-order valence-electron chi connectivity index (χ2n) is 4.94. The van der Waals surface area contributed by atoms with E-state index in [2.05, 4.69) is 41.1 Å². The molecule has 5 heteroatoms. The summed E-state index contributed by atoms with van der Waals surface area (Å²) in [7, 11) is 2.01. The van der Waals surface area contributed by atoms with E-state index in [4.69, 9.17) is 4.74 Å². The van der Waals surface area contributed by atoms with E-state index in [0.29, 0.717) is 6.61 Å². The third-order valence-corrected chi connectivity index (χ3v) is 4.04. The molecule has 1 aromatic heterocycles. The van der Waals surface area contributed by atoms with Gasteiger partial charge in [0.1, 0.15) is 0 Å². The van der Waals surface area contributed by atoms with Crippen LogP contribution in [0.1, 0.15) is 23.7 Å². The highest BCUT2D eigenvalue weighted by Gasteiger charge is 2.11. The lowest BCUT2D eigenvalue weighted by molar-refractivity contribution is -0.142. The van der Waals surface area contributed by atoms with Crippen LogP contribution in [0.2, 0.25) is 0 Å². The average molecular weight is 304 g/mol. The van der Waals surface area contributed by atoms with Gasteiger partial charge in [0.15, 0.2) is 5.13 Å². The molecule has 0 unspecified atom stereocenters. The zero-order chi connectivity index (χ0) is 15.2. The van der Waals surface area contributed by atoms with Gasteiger partial charge in [-0.15, -0.1) is 11.3 Å². The number of carbonyl (C=O) groups excluding carboxylic acids is 1. The molecule has 0 aliphatic rings. The highest BCUT2D eigenvalue weighted by molar-refractivity contribution is 7.13. The van der Waals surface area contributed by atoms with E-state index in [0.717, 1.165) is 17.4 Å². The first-order valence-corrected chi connectivity index (χ1v) is 7.83. The summed E-state index contributed by atoms with van der Waals surface area (Å²) in [5, 5.41) is 2.83. The zero-order valence-corrected chi connectivity index (χ0v) is 13.4. The van der Waals surface area contributed by atoms with E-state index in [1.807, 2.05) is 12.4 Å². The molecule has 0 saturated heterocycles. The van der Waals surface area contributed by atoms with Crippen LogP contribution < -0.4 is 4.90 Å². The number of carbonyl (C=O) groups is 1. The topological polar surface area (TPSA) is 42.4 Å². The first-order valence-electron chi connectivity index (χ1n) is 6.95.